The van der Waals surface area contributed by atoms with Crippen LogP contribution in [0.15, 0.2) is 42.5 Å². The lowest BCUT2D eigenvalue weighted by Crippen LogP contribution is -2.54. The number of hydroxylamine groups is 2. The van der Waals surface area contributed by atoms with Gasteiger partial charge in [0, 0.05) is 13.0 Å². The van der Waals surface area contributed by atoms with E-state index in [1.54, 1.807) is 5.48 Å². The Morgan fingerprint density at radius 1 is 0.935 bits per heavy atom. The number of carbonyl (C=O) groups excluding carboxylic acids is 3. The van der Waals surface area contributed by atoms with Gasteiger partial charge < -0.3 is 15.3 Å². The van der Waals surface area contributed by atoms with Crippen LogP contribution in [0.2, 0.25) is 0 Å². The van der Waals surface area contributed by atoms with Crippen molar-refractivity contribution in [1.82, 2.24) is 21.2 Å². The third-order valence-electron chi connectivity index (χ3n) is 4.66. The number of nitrogens with one attached hydrogen (secondary N) is 3. The summed E-state index contributed by atoms with van der Waals surface area (Å²) in [5, 5.41) is 32.2. The van der Waals surface area contributed by atoms with Crippen molar-refractivity contribution in [2.24, 2.45) is 5.92 Å². The highest BCUT2D eigenvalue weighted by molar-refractivity contribution is 5.88. The van der Waals surface area contributed by atoms with E-state index in [0.717, 1.165) is 16.3 Å². The van der Waals surface area contributed by atoms with E-state index in [1.165, 1.54) is 10.4 Å². The van der Waals surface area contributed by atoms with Crippen LogP contribution in [0.4, 0.5) is 4.79 Å². The average molecular weight is 432 g/mol. The van der Waals surface area contributed by atoms with Gasteiger partial charge in [-0.1, -0.05) is 56.3 Å². The van der Waals surface area contributed by atoms with Crippen LogP contribution in [-0.4, -0.2) is 63.5 Å². The number of carbonyl (C=O) groups is 3. The van der Waals surface area contributed by atoms with Crippen molar-refractivity contribution in [2.75, 3.05) is 13.1 Å². The number of aliphatic hydroxyl groups is 1. The molecule has 0 radical (unpaired) electrons. The predicted molar refractivity (Wildman–Crippen MR) is 112 cm³/mol. The van der Waals surface area contributed by atoms with Crippen molar-refractivity contribution in [3.05, 3.63) is 48.0 Å². The Labute approximate surface area is 179 Å². The van der Waals surface area contributed by atoms with Crippen LogP contribution >= 0.6 is 0 Å². The van der Waals surface area contributed by atoms with E-state index in [4.69, 9.17) is 10.4 Å². The molecule has 31 heavy (non-hydrogen) atoms. The van der Waals surface area contributed by atoms with E-state index < -0.39 is 30.0 Å². The standard InChI is InChI=1S/C21H28N4O6/c1-13(2)11-25(12-18(26)20(28)24-31)21(29)22-17(19(27)23-30)10-14-7-8-15-5-3-4-6-16(15)9-14/h3-9,13,17-18,26,30-31H,10-12H2,1-2H3,(H,22,29)(H,23,27)(H,24,28)/t17-,18?/m0/s1. The molecule has 168 valence electrons. The maximum Gasteiger partial charge on any atom is 0.318 e. The number of hydrogen-bond acceptors (Lipinski definition) is 6. The molecule has 0 aliphatic heterocycles. The molecule has 0 saturated heterocycles. The molecule has 0 aliphatic rings. The largest absolute Gasteiger partial charge is 0.381 e. The van der Waals surface area contributed by atoms with Gasteiger partial charge >= 0.3 is 6.03 Å². The quantitative estimate of drug-likeness (QED) is 0.255. The van der Waals surface area contributed by atoms with E-state index >= 15 is 0 Å². The van der Waals surface area contributed by atoms with Gasteiger partial charge in [-0.25, -0.2) is 15.8 Å². The van der Waals surface area contributed by atoms with Crippen molar-refractivity contribution in [3.8, 4) is 0 Å². The molecule has 2 aromatic rings. The lowest BCUT2D eigenvalue weighted by Gasteiger charge is -2.28. The fourth-order valence-electron chi connectivity index (χ4n) is 3.18. The summed E-state index contributed by atoms with van der Waals surface area (Å²) in [5.41, 5.74) is 3.66. The molecule has 10 heteroatoms. The van der Waals surface area contributed by atoms with Crippen LogP contribution in [0.1, 0.15) is 19.4 Å². The van der Waals surface area contributed by atoms with E-state index in [0.29, 0.717) is 0 Å². The van der Waals surface area contributed by atoms with Gasteiger partial charge in [0.1, 0.15) is 6.04 Å². The lowest BCUT2D eigenvalue weighted by atomic mass is 10.0. The molecule has 2 atom stereocenters. The topological polar surface area (TPSA) is 151 Å². The number of nitrogens with zero attached hydrogens (tertiary/aromatic N) is 1. The highest BCUT2D eigenvalue weighted by atomic mass is 16.5. The third kappa shape index (κ3) is 6.92. The molecule has 4 amide bonds. The highest BCUT2D eigenvalue weighted by Gasteiger charge is 2.27. The molecule has 2 aromatic carbocycles. The number of hydrogen-bond donors (Lipinski definition) is 6. The summed E-state index contributed by atoms with van der Waals surface area (Å²) in [5.74, 6) is -1.86. The summed E-state index contributed by atoms with van der Waals surface area (Å²) in [4.78, 5) is 37.6. The number of urea groups is 1. The fraction of sp³-hybridized carbons (Fsp3) is 0.381. The molecule has 0 fully saturated rings. The SMILES string of the molecule is CC(C)CN(CC(O)C(=O)NO)C(=O)N[C@@H](Cc1ccc2ccccc2c1)C(=O)NO. The minimum atomic E-state index is -1.65. The van der Waals surface area contributed by atoms with Crippen molar-refractivity contribution in [2.45, 2.75) is 32.4 Å². The molecule has 6 N–H and O–H groups in total. The summed E-state index contributed by atoms with van der Waals surface area (Å²) in [6.45, 7) is 3.47. The Kier molecular flexibility index (Phi) is 8.74. The number of benzene rings is 2. The molecule has 0 saturated carbocycles. The smallest absolute Gasteiger partial charge is 0.318 e. The van der Waals surface area contributed by atoms with Crippen LogP contribution in [0, 0.1) is 5.92 Å². The lowest BCUT2D eigenvalue weighted by molar-refractivity contribution is -0.138. The highest BCUT2D eigenvalue weighted by Crippen LogP contribution is 2.17. The summed E-state index contributed by atoms with van der Waals surface area (Å²) >= 11 is 0. The van der Waals surface area contributed by atoms with Crippen LogP contribution in [0.3, 0.4) is 0 Å². The molecular weight excluding hydrogens is 404 g/mol. The summed E-state index contributed by atoms with van der Waals surface area (Å²) in [6, 6.07) is 11.5. The van der Waals surface area contributed by atoms with Crippen molar-refractivity contribution < 1.29 is 29.9 Å². The van der Waals surface area contributed by atoms with E-state index in [-0.39, 0.29) is 25.4 Å². The zero-order valence-corrected chi connectivity index (χ0v) is 17.4. The molecule has 0 bridgehead atoms. The van der Waals surface area contributed by atoms with Gasteiger partial charge in [-0.15, -0.1) is 0 Å². The van der Waals surface area contributed by atoms with Gasteiger partial charge in [-0.05, 0) is 22.3 Å². The zero-order chi connectivity index (χ0) is 23.0. The molecule has 1 unspecified atom stereocenters. The van der Waals surface area contributed by atoms with Gasteiger partial charge in [-0.2, -0.15) is 0 Å². The third-order valence-corrected chi connectivity index (χ3v) is 4.66. The average Bonchev–Trinajstić information content (AvgIpc) is 2.76. The fourth-order valence-corrected chi connectivity index (χ4v) is 3.18. The van der Waals surface area contributed by atoms with E-state index in [1.807, 2.05) is 56.3 Å². The number of fused-ring (bicyclic) bond motifs is 1. The first-order valence-electron chi connectivity index (χ1n) is 9.84. The van der Waals surface area contributed by atoms with Gasteiger partial charge in [0.15, 0.2) is 6.10 Å². The van der Waals surface area contributed by atoms with Gasteiger partial charge in [0.05, 0.1) is 6.54 Å². The molecule has 2 rings (SSSR count). The Morgan fingerprint density at radius 3 is 2.19 bits per heavy atom. The molecule has 0 spiro atoms. The maximum atomic E-state index is 12.8. The second kappa shape index (κ2) is 11.3. The Balaban J connectivity index is 2.18. The normalized spacial score (nSPS) is 12.8. The second-order valence-electron chi connectivity index (χ2n) is 7.65. The zero-order valence-electron chi connectivity index (χ0n) is 17.4. The Morgan fingerprint density at radius 2 is 1.58 bits per heavy atom. The van der Waals surface area contributed by atoms with Gasteiger partial charge in [-0.3, -0.25) is 20.0 Å². The number of aliphatic hydroxyl groups excluding tert-OH is 1. The van der Waals surface area contributed by atoms with Crippen LogP contribution in [0.25, 0.3) is 10.8 Å². The molecule has 0 aromatic heterocycles. The minimum absolute atomic E-state index is 0.000689. The number of amides is 4. The monoisotopic (exact) mass is 432 g/mol. The van der Waals surface area contributed by atoms with Crippen molar-refractivity contribution in [1.29, 1.82) is 0 Å². The first kappa shape index (κ1) is 24.1. The van der Waals surface area contributed by atoms with Crippen LogP contribution < -0.4 is 16.3 Å². The van der Waals surface area contributed by atoms with Gasteiger partial charge in [0.2, 0.25) is 0 Å². The van der Waals surface area contributed by atoms with Crippen molar-refractivity contribution >= 4 is 28.6 Å². The van der Waals surface area contributed by atoms with Crippen LogP contribution in [-0.2, 0) is 16.0 Å². The van der Waals surface area contributed by atoms with E-state index in [9.17, 15) is 19.5 Å². The molecular formula is C21H28N4O6. The molecule has 10 nitrogen and oxygen atoms in total. The first-order chi connectivity index (χ1) is 14.7. The predicted octanol–water partition coefficient (Wildman–Crippen LogP) is 0.790. The summed E-state index contributed by atoms with van der Waals surface area (Å²) in [6.07, 6.45) is -1.54. The minimum Gasteiger partial charge on any atom is -0.381 e. The number of rotatable bonds is 9. The Hall–Kier alpha value is -3.21. The Bertz CT molecular complexity index is 920. The van der Waals surface area contributed by atoms with Crippen LogP contribution in [0.5, 0.6) is 0 Å². The first-order valence-corrected chi connectivity index (χ1v) is 9.84. The molecule has 0 heterocycles. The maximum absolute atomic E-state index is 12.8. The van der Waals surface area contributed by atoms with E-state index in [2.05, 4.69) is 5.32 Å². The summed E-state index contributed by atoms with van der Waals surface area (Å²) in [7, 11) is 0. The van der Waals surface area contributed by atoms with Crippen molar-refractivity contribution in [3.63, 3.8) is 0 Å². The van der Waals surface area contributed by atoms with Gasteiger partial charge in [0.25, 0.3) is 11.8 Å². The summed E-state index contributed by atoms with van der Waals surface area (Å²) < 4.78 is 0. The second-order valence-corrected chi connectivity index (χ2v) is 7.65. The molecule has 0 aliphatic carbocycles.